The van der Waals surface area contributed by atoms with E-state index in [9.17, 15) is 8.42 Å². The molecule has 0 aliphatic carbocycles. The van der Waals surface area contributed by atoms with Crippen molar-refractivity contribution in [2.24, 2.45) is 0 Å². The van der Waals surface area contributed by atoms with Crippen molar-refractivity contribution >= 4 is 15.7 Å². The summed E-state index contributed by atoms with van der Waals surface area (Å²) in [6.07, 6.45) is 1.10. The smallest absolute Gasteiger partial charge is 0.229 e. The quantitative estimate of drug-likeness (QED) is 0.715. The zero-order valence-corrected chi connectivity index (χ0v) is 6.85. The Hall–Kier alpha value is -1.03. The molecule has 0 unspecified atom stereocenters. The van der Waals surface area contributed by atoms with E-state index in [0.717, 1.165) is 6.26 Å². The van der Waals surface area contributed by atoms with E-state index in [0.29, 0.717) is 5.69 Å². The molecule has 1 radical (unpaired) electrons. The summed E-state index contributed by atoms with van der Waals surface area (Å²) in [7, 11) is -3.16. The summed E-state index contributed by atoms with van der Waals surface area (Å²) in [6.45, 7) is 0. The first-order valence-electron chi connectivity index (χ1n) is 3.02. The molecule has 0 saturated heterocycles. The number of nitrogens with one attached hydrogen (secondary N) is 1. The number of anilines is 1. The summed E-state index contributed by atoms with van der Waals surface area (Å²) >= 11 is 0. The van der Waals surface area contributed by atoms with Gasteiger partial charge < -0.3 is 0 Å². The van der Waals surface area contributed by atoms with Crippen molar-refractivity contribution in [3.8, 4) is 0 Å². The van der Waals surface area contributed by atoms with Crippen molar-refractivity contribution in [3.05, 3.63) is 30.3 Å². The van der Waals surface area contributed by atoms with Crippen LogP contribution in [0, 0.1) is 6.07 Å². The maximum atomic E-state index is 10.7. The second kappa shape index (κ2) is 2.92. The molecule has 59 valence electrons. The Labute approximate surface area is 66.1 Å². The minimum atomic E-state index is -3.16. The molecule has 0 bridgehead atoms. The SMILES string of the molecule is CS(=O)(=O)Nc1[c]cccc1. The topological polar surface area (TPSA) is 46.2 Å². The average molecular weight is 170 g/mol. The fourth-order valence-corrected chi connectivity index (χ4v) is 1.18. The molecule has 0 atom stereocenters. The molecule has 0 aromatic heterocycles. The fraction of sp³-hybridized carbons (Fsp3) is 0.143. The minimum absolute atomic E-state index is 0.468. The summed E-state index contributed by atoms with van der Waals surface area (Å²) in [5, 5.41) is 0. The van der Waals surface area contributed by atoms with Crippen LogP contribution in [0.5, 0.6) is 0 Å². The van der Waals surface area contributed by atoms with Crippen LogP contribution in [0.1, 0.15) is 0 Å². The van der Waals surface area contributed by atoms with Crippen molar-refractivity contribution in [2.45, 2.75) is 0 Å². The average Bonchev–Trinajstić information content (AvgIpc) is 1.85. The van der Waals surface area contributed by atoms with Gasteiger partial charge in [0.2, 0.25) is 10.0 Å². The van der Waals surface area contributed by atoms with Gasteiger partial charge in [0.05, 0.1) is 11.9 Å². The zero-order chi connectivity index (χ0) is 8.32. The standard InChI is InChI=1S/C7H8NO2S/c1-11(9,10)8-7-5-3-2-4-6-7/h2-5,8H,1H3. The molecule has 0 amide bonds. The van der Waals surface area contributed by atoms with Gasteiger partial charge in [0.15, 0.2) is 0 Å². The highest BCUT2D eigenvalue weighted by molar-refractivity contribution is 7.92. The molecule has 1 rings (SSSR count). The van der Waals surface area contributed by atoms with Crippen LogP contribution in [0.15, 0.2) is 24.3 Å². The molecule has 0 saturated carbocycles. The predicted molar refractivity (Wildman–Crippen MR) is 43.7 cm³/mol. The normalized spacial score (nSPS) is 11.0. The molecule has 0 aliphatic rings. The van der Waals surface area contributed by atoms with Crippen molar-refractivity contribution in [1.82, 2.24) is 0 Å². The maximum Gasteiger partial charge on any atom is 0.229 e. The van der Waals surface area contributed by atoms with Crippen molar-refractivity contribution < 1.29 is 8.42 Å². The van der Waals surface area contributed by atoms with Gasteiger partial charge in [-0.05, 0) is 6.07 Å². The highest BCUT2D eigenvalue weighted by atomic mass is 32.2. The number of rotatable bonds is 2. The molecule has 0 aliphatic heterocycles. The number of benzene rings is 1. The van der Waals surface area contributed by atoms with E-state index >= 15 is 0 Å². The second-order valence-electron chi connectivity index (χ2n) is 2.15. The third kappa shape index (κ3) is 3.04. The molecule has 0 spiro atoms. The van der Waals surface area contributed by atoms with Gasteiger partial charge in [0.1, 0.15) is 0 Å². The Morgan fingerprint density at radius 3 is 2.64 bits per heavy atom. The zero-order valence-electron chi connectivity index (χ0n) is 6.03. The van der Waals surface area contributed by atoms with Crippen molar-refractivity contribution in [2.75, 3.05) is 11.0 Å². The van der Waals surface area contributed by atoms with Crippen LogP contribution in [0.3, 0.4) is 0 Å². The number of sulfonamides is 1. The van der Waals surface area contributed by atoms with E-state index in [1.165, 1.54) is 0 Å². The van der Waals surface area contributed by atoms with Crippen LogP contribution in [-0.2, 0) is 10.0 Å². The van der Waals surface area contributed by atoms with Gasteiger partial charge in [-0.2, -0.15) is 0 Å². The van der Waals surface area contributed by atoms with Crippen LogP contribution >= 0.6 is 0 Å². The molecular formula is C7H8NO2S. The summed E-state index contributed by atoms with van der Waals surface area (Å²) < 4.78 is 23.6. The molecule has 1 aromatic carbocycles. The Kier molecular flexibility index (Phi) is 2.14. The first-order valence-corrected chi connectivity index (χ1v) is 4.91. The Morgan fingerprint density at radius 1 is 1.45 bits per heavy atom. The van der Waals surface area contributed by atoms with Gasteiger partial charge in [-0.25, -0.2) is 8.42 Å². The fourth-order valence-electron chi connectivity index (χ4n) is 0.657. The van der Waals surface area contributed by atoms with E-state index in [-0.39, 0.29) is 0 Å². The molecule has 4 heteroatoms. The first kappa shape index (κ1) is 8.07. The van der Waals surface area contributed by atoms with Gasteiger partial charge in [-0.15, -0.1) is 0 Å². The number of hydrogen-bond acceptors (Lipinski definition) is 2. The molecule has 1 N–H and O–H groups in total. The highest BCUT2D eigenvalue weighted by Gasteiger charge is 1.98. The largest absolute Gasteiger partial charge is 0.283 e. The van der Waals surface area contributed by atoms with Gasteiger partial charge in [0.25, 0.3) is 0 Å². The lowest BCUT2D eigenvalue weighted by Crippen LogP contribution is -2.09. The van der Waals surface area contributed by atoms with Gasteiger partial charge in [-0.3, -0.25) is 4.72 Å². The summed E-state index contributed by atoms with van der Waals surface area (Å²) in [6, 6.07) is 9.53. The van der Waals surface area contributed by atoms with Crippen LogP contribution in [-0.4, -0.2) is 14.7 Å². The van der Waals surface area contributed by atoms with Gasteiger partial charge in [-0.1, -0.05) is 18.2 Å². The number of para-hydroxylation sites is 1. The van der Waals surface area contributed by atoms with E-state index in [2.05, 4.69) is 10.8 Å². The molecule has 0 fully saturated rings. The Bertz CT molecular complexity index is 318. The Morgan fingerprint density at radius 2 is 2.18 bits per heavy atom. The third-order valence-electron chi connectivity index (χ3n) is 1.00. The maximum absolute atomic E-state index is 10.7. The lowest BCUT2D eigenvalue weighted by Gasteiger charge is -2.00. The highest BCUT2D eigenvalue weighted by Crippen LogP contribution is 2.04. The van der Waals surface area contributed by atoms with Crippen LogP contribution < -0.4 is 4.72 Å². The first-order chi connectivity index (χ1) is 5.08. The monoisotopic (exact) mass is 170 g/mol. The van der Waals surface area contributed by atoms with Crippen LogP contribution in [0.2, 0.25) is 0 Å². The molecule has 0 heterocycles. The van der Waals surface area contributed by atoms with E-state index < -0.39 is 10.0 Å². The lowest BCUT2D eigenvalue weighted by molar-refractivity contribution is 0.607. The summed E-state index contributed by atoms with van der Waals surface area (Å²) in [5.41, 5.74) is 0.468. The predicted octanol–water partition coefficient (Wildman–Crippen LogP) is 0.858. The van der Waals surface area contributed by atoms with Gasteiger partial charge in [0, 0.05) is 6.07 Å². The van der Waals surface area contributed by atoms with Crippen molar-refractivity contribution in [1.29, 1.82) is 0 Å². The Balaban J connectivity index is 2.82. The minimum Gasteiger partial charge on any atom is -0.283 e. The summed E-state index contributed by atoms with van der Waals surface area (Å²) in [5.74, 6) is 0. The third-order valence-corrected chi connectivity index (χ3v) is 1.60. The van der Waals surface area contributed by atoms with Crippen LogP contribution in [0.4, 0.5) is 5.69 Å². The van der Waals surface area contributed by atoms with E-state index in [1.54, 1.807) is 24.3 Å². The number of hydrogen-bond donors (Lipinski definition) is 1. The molecule has 1 aromatic rings. The van der Waals surface area contributed by atoms with Gasteiger partial charge >= 0.3 is 0 Å². The van der Waals surface area contributed by atoms with Crippen LogP contribution in [0.25, 0.3) is 0 Å². The van der Waals surface area contributed by atoms with E-state index in [1.807, 2.05) is 0 Å². The molecule has 3 nitrogen and oxygen atoms in total. The second-order valence-corrected chi connectivity index (χ2v) is 3.90. The molecule has 11 heavy (non-hydrogen) atoms. The van der Waals surface area contributed by atoms with Crippen molar-refractivity contribution in [3.63, 3.8) is 0 Å². The lowest BCUT2D eigenvalue weighted by atomic mass is 10.3. The van der Waals surface area contributed by atoms with E-state index in [4.69, 9.17) is 0 Å². The molecular weight excluding hydrogens is 162 g/mol. The summed E-state index contributed by atoms with van der Waals surface area (Å²) in [4.78, 5) is 0.